The molecule has 0 heterocycles. The molecule has 102 valence electrons. The molecule has 0 aromatic carbocycles. The first-order valence-electron chi connectivity index (χ1n) is 7.04. The van der Waals surface area contributed by atoms with Gasteiger partial charge in [0.2, 0.25) is 0 Å². The molecule has 1 fully saturated rings. The van der Waals surface area contributed by atoms with E-state index in [4.69, 9.17) is 4.74 Å². The van der Waals surface area contributed by atoms with Crippen LogP contribution < -0.4 is 5.32 Å². The molecule has 1 aliphatic carbocycles. The molecule has 0 spiro atoms. The standard InChI is InChI=1S/C14H30N2O/c1-6-15-13-8-7-11(2)9-14(13)16(4)12(3)10-17-5/h11-15H,6-10H2,1-5H3. The molecule has 1 rings (SSSR count). The lowest BCUT2D eigenvalue weighted by atomic mass is 9.82. The third kappa shape index (κ3) is 4.23. The monoisotopic (exact) mass is 242 g/mol. The van der Waals surface area contributed by atoms with E-state index in [1.54, 1.807) is 7.11 Å². The Labute approximate surface area is 107 Å². The molecule has 0 aliphatic heterocycles. The maximum Gasteiger partial charge on any atom is 0.0615 e. The quantitative estimate of drug-likeness (QED) is 0.772. The summed E-state index contributed by atoms with van der Waals surface area (Å²) in [5.74, 6) is 0.854. The molecule has 1 saturated carbocycles. The van der Waals surface area contributed by atoms with Crippen molar-refractivity contribution in [1.29, 1.82) is 0 Å². The summed E-state index contributed by atoms with van der Waals surface area (Å²) in [4.78, 5) is 2.51. The van der Waals surface area contributed by atoms with E-state index in [0.717, 1.165) is 19.1 Å². The van der Waals surface area contributed by atoms with Crippen LogP contribution in [0.1, 0.15) is 40.0 Å². The Morgan fingerprint density at radius 3 is 2.71 bits per heavy atom. The van der Waals surface area contributed by atoms with Gasteiger partial charge in [-0.15, -0.1) is 0 Å². The molecular weight excluding hydrogens is 212 g/mol. The second-order valence-corrected chi connectivity index (χ2v) is 5.62. The summed E-state index contributed by atoms with van der Waals surface area (Å²) >= 11 is 0. The molecule has 0 bridgehead atoms. The van der Waals surface area contributed by atoms with Gasteiger partial charge in [0.05, 0.1) is 6.61 Å². The lowest BCUT2D eigenvalue weighted by Gasteiger charge is -2.43. The van der Waals surface area contributed by atoms with E-state index in [2.05, 4.69) is 38.0 Å². The average molecular weight is 242 g/mol. The number of ether oxygens (including phenoxy) is 1. The van der Waals surface area contributed by atoms with Gasteiger partial charge in [-0.05, 0) is 45.7 Å². The largest absolute Gasteiger partial charge is 0.383 e. The van der Waals surface area contributed by atoms with E-state index >= 15 is 0 Å². The van der Waals surface area contributed by atoms with Crippen LogP contribution in [0.15, 0.2) is 0 Å². The molecular formula is C14H30N2O. The first-order valence-corrected chi connectivity index (χ1v) is 7.04. The van der Waals surface area contributed by atoms with Crippen LogP contribution in [0, 0.1) is 5.92 Å². The molecule has 0 aromatic heterocycles. The number of hydrogen-bond acceptors (Lipinski definition) is 3. The summed E-state index contributed by atoms with van der Waals surface area (Å²) in [7, 11) is 4.03. The van der Waals surface area contributed by atoms with Gasteiger partial charge in [0.25, 0.3) is 0 Å². The predicted molar refractivity (Wildman–Crippen MR) is 73.4 cm³/mol. The Morgan fingerprint density at radius 1 is 1.41 bits per heavy atom. The first kappa shape index (κ1) is 14.9. The number of nitrogens with zero attached hydrogens (tertiary/aromatic N) is 1. The van der Waals surface area contributed by atoms with E-state index in [1.807, 2.05) is 0 Å². The van der Waals surface area contributed by atoms with Gasteiger partial charge < -0.3 is 10.1 Å². The van der Waals surface area contributed by atoms with Crippen molar-refractivity contribution in [2.24, 2.45) is 5.92 Å². The minimum atomic E-state index is 0.497. The molecule has 1 aliphatic rings. The highest BCUT2D eigenvalue weighted by Crippen LogP contribution is 2.28. The maximum atomic E-state index is 5.28. The van der Waals surface area contributed by atoms with Gasteiger partial charge in [-0.25, -0.2) is 0 Å². The van der Waals surface area contributed by atoms with Crippen molar-refractivity contribution in [2.45, 2.75) is 58.2 Å². The fourth-order valence-corrected chi connectivity index (χ4v) is 2.99. The van der Waals surface area contributed by atoms with E-state index in [0.29, 0.717) is 18.1 Å². The van der Waals surface area contributed by atoms with E-state index in [-0.39, 0.29) is 0 Å². The number of nitrogens with one attached hydrogen (secondary N) is 1. The summed E-state index contributed by atoms with van der Waals surface area (Å²) in [6.07, 6.45) is 3.98. The van der Waals surface area contributed by atoms with E-state index < -0.39 is 0 Å². The van der Waals surface area contributed by atoms with Crippen molar-refractivity contribution < 1.29 is 4.74 Å². The highest BCUT2D eigenvalue weighted by molar-refractivity contribution is 4.90. The van der Waals surface area contributed by atoms with Crippen LogP contribution in [0.25, 0.3) is 0 Å². The van der Waals surface area contributed by atoms with Crippen LogP contribution in [-0.4, -0.2) is 50.3 Å². The second-order valence-electron chi connectivity index (χ2n) is 5.62. The van der Waals surface area contributed by atoms with Gasteiger partial charge in [0, 0.05) is 25.2 Å². The molecule has 17 heavy (non-hydrogen) atoms. The number of methoxy groups -OCH3 is 1. The zero-order chi connectivity index (χ0) is 12.8. The van der Waals surface area contributed by atoms with Crippen LogP contribution in [0.5, 0.6) is 0 Å². The van der Waals surface area contributed by atoms with Crippen molar-refractivity contribution in [3.8, 4) is 0 Å². The number of rotatable bonds is 6. The highest BCUT2D eigenvalue weighted by atomic mass is 16.5. The van der Waals surface area contributed by atoms with Crippen molar-refractivity contribution in [2.75, 3.05) is 27.3 Å². The van der Waals surface area contributed by atoms with Gasteiger partial charge in [-0.2, -0.15) is 0 Å². The van der Waals surface area contributed by atoms with Gasteiger partial charge in [-0.3, -0.25) is 4.90 Å². The Bertz CT molecular complexity index is 210. The average Bonchev–Trinajstić information content (AvgIpc) is 2.31. The van der Waals surface area contributed by atoms with Crippen molar-refractivity contribution in [1.82, 2.24) is 10.2 Å². The molecule has 3 nitrogen and oxygen atoms in total. The maximum absolute atomic E-state index is 5.28. The molecule has 0 radical (unpaired) electrons. The van der Waals surface area contributed by atoms with Crippen LogP contribution >= 0.6 is 0 Å². The Kier molecular flexibility index (Phi) is 6.45. The fourth-order valence-electron chi connectivity index (χ4n) is 2.99. The molecule has 1 N–H and O–H groups in total. The summed E-state index contributed by atoms with van der Waals surface area (Å²) < 4.78 is 5.28. The van der Waals surface area contributed by atoms with Crippen molar-refractivity contribution in [3.63, 3.8) is 0 Å². The van der Waals surface area contributed by atoms with Gasteiger partial charge >= 0.3 is 0 Å². The molecule has 0 aromatic rings. The highest BCUT2D eigenvalue weighted by Gasteiger charge is 2.32. The Morgan fingerprint density at radius 2 is 2.12 bits per heavy atom. The van der Waals surface area contributed by atoms with Crippen LogP contribution in [-0.2, 0) is 4.74 Å². The SMILES string of the molecule is CCNC1CCC(C)CC1N(C)C(C)COC. The summed E-state index contributed by atoms with van der Waals surface area (Å²) in [5, 5.41) is 3.65. The zero-order valence-electron chi connectivity index (χ0n) is 12.2. The lowest BCUT2D eigenvalue weighted by molar-refractivity contribution is 0.0510. The third-order valence-electron chi connectivity index (χ3n) is 4.17. The third-order valence-corrected chi connectivity index (χ3v) is 4.17. The molecule has 0 saturated heterocycles. The minimum Gasteiger partial charge on any atom is -0.383 e. The van der Waals surface area contributed by atoms with E-state index in [1.165, 1.54) is 19.3 Å². The molecule has 0 amide bonds. The number of hydrogen-bond donors (Lipinski definition) is 1. The van der Waals surface area contributed by atoms with Gasteiger partial charge in [0.1, 0.15) is 0 Å². The molecule has 3 heteroatoms. The topological polar surface area (TPSA) is 24.5 Å². The minimum absolute atomic E-state index is 0.497. The summed E-state index contributed by atoms with van der Waals surface area (Å²) in [6.45, 7) is 8.73. The first-order chi connectivity index (χ1) is 8.10. The summed E-state index contributed by atoms with van der Waals surface area (Å²) in [5.41, 5.74) is 0. The van der Waals surface area contributed by atoms with Crippen molar-refractivity contribution >= 4 is 0 Å². The van der Waals surface area contributed by atoms with Crippen molar-refractivity contribution in [3.05, 3.63) is 0 Å². The molecule has 4 atom stereocenters. The Hall–Kier alpha value is -0.120. The fraction of sp³-hybridized carbons (Fsp3) is 1.00. The summed E-state index contributed by atoms with van der Waals surface area (Å²) in [6, 6.07) is 1.81. The van der Waals surface area contributed by atoms with Gasteiger partial charge in [0.15, 0.2) is 0 Å². The zero-order valence-corrected chi connectivity index (χ0v) is 12.2. The van der Waals surface area contributed by atoms with Crippen LogP contribution in [0.3, 0.4) is 0 Å². The normalized spacial score (nSPS) is 31.8. The second kappa shape index (κ2) is 7.34. The lowest BCUT2D eigenvalue weighted by Crippen LogP contribution is -2.54. The number of likely N-dealkylation sites (N-methyl/N-ethyl adjacent to an activating group) is 2. The van der Waals surface area contributed by atoms with Crippen LogP contribution in [0.4, 0.5) is 0 Å². The van der Waals surface area contributed by atoms with Gasteiger partial charge in [-0.1, -0.05) is 13.8 Å². The smallest absolute Gasteiger partial charge is 0.0615 e. The Balaban J connectivity index is 2.60. The predicted octanol–water partition coefficient (Wildman–Crippen LogP) is 2.12. The van der Waals surface area contributed by atoms with Crippen LogP contribution in [0.2, 0.25) is 0 Å². The van der Waals surface area contributed by atoms with E-state index in [9.17, 15) is 0 Å². The molecule has 4 unspecified atom stereocenters.